The van der Waals surface area contributed by atoms with Gasteiger partial charge >= 0.3 is 5.97 Å². The number of anilines is 1. The lowest BCUT2D eigenvalue weighted by molar-refractivity contribution is -0.127. The molecular weight excluding hydrogens is 410 g/mol. The molecule has 0 spiro atoms. The molecule has 0 bridgehead atoms. The molecule has 0 unspecified atom stereocenters. The summed E-state index contributed by atoms with van der Waals surface area (Å²) in [5.41, 5.74) is 5.84. The Morgan fingerprint density at radius 3 is 2.12 bits per heavy atom. The van der Waals surface area contributed by atoms with Gasteiger partial charge < -0.3 is 14.8 Å². The van der Waals surface area contributed by atoms with Gasteiger partial charge in [-0.2, -0.15) is 0 Å². The van der Waals surface area contributed by atoms with Gasteiger partial charge in [-0.1, -0.05) is 49.5 Å². The molecule has 0 atom stereocenters. The van der Waals surface area contributed by atoms with Crippen LogP contribution in [0.25, 0.3) is 0 Å². The summed E-state index contributed by atoms with van der Waals surface area (Å²) in [7, 11) is 0. The van der Waals surface area contributed by atoms with E-state index >= 15 is 0 Å². The van der Waals surface area contributed by atoms with Crippen molar-refractivity contribution in [3.8, 4) is 17.6 Å². The highest BCUT2D eigenvalue weighted by Crippen LogP contribution is 2.33. The Labute approximate surface area is 195 Å². The Kier molecular flexibility index (Phi) is 6.70. The zero-order valence-electron chi connectivity index (χ0n) is 19.4. The van der Waals surface area contributed by atoms with Gasteiger partial charge in [0.15, 0.2) is 0 Å². The molecular formula is C29H29NO3. The molecule has 0 radical (unpaired) electrons. The molecule has 33 heavy (non-hydrogen) atoms. The van der Waals surface area contributed by atoms with Crippen LogP contribution in [0, 0.1) is 11.8 Å². The predicted octanol–water partition coefficient (Wildman–Crippen LogP) is 6.33. The first-order valence-corrected chi connectivity index (χ1v) is 11.4. The molecule has 1 aliphatic rings. The molecule has 1 aliphatic heterocycles. The third-order valence-corrected chi connectivity index (χ3v) is 5.47. The van der Waals surface area contributed by atoms with E-state index in [1.165, 1.54) is 18.4 Å². The number of hydrogen-bond acceptors (Lipinski definition) is 4. The molecule has 0 aromatic heterocycles. The summed E-state index contributed by atoms with van der Waals surface area (Å²) in [6, 6.07) is 22.2. The van der Waals surface area contributed by atoms with E-state index in [0.29, 0.717) is 17.9 Å². The summed E-state index contributed by atoms with van der Waals surface area (Å²) in [5.74, 6) is 5.69. The number of aryl methyl sites for hydroxylation is 1. The van der Waals surface area contributed by atoms with Crippen LogP contribution in [-0.4, -0.2) is 11.8 Å². The van der Waals surface area contributed by atoms with Crippen LogP contribution in [0.4, 0.5) is 5.69 Å². The van der Waals surface area contributed by atoms with Crippen LogP contribution < -0.4 is 10.1 Å². The number of rotatable bonds is 6. The summed E-state index contributed by atoms with van der Waals surface area (Å²) in [6.45, 7) is 6.31. The first kappa shape index (κ1) is 22.5. The number of benzene rings is 3. The van der Waals surface area contributed by atoms with Gasteiger partial charge in [0.25, 0.3) is 0 Å². The normalized spacial score (nSPS) is 13.7. The predicted molar refractivity (Wildman–Crippen MR) is 131 cm³/mol. The number of carbonyl (C=O) groups excluding carboxylic acids is 1. The fraction of sp³-hybridized carbons (Fsp3) is 0.276. The van der Waals surface area contributed by atoms with Crippen LogP contribution >= 0.6 is 0 Å². The number of ether oxygens (including phenoxy) is 2. The molecule has 168 valence electrons. The second-order valence-corrected chi connectivity index (χ2v) is 8.70. The minimum absolute atomic E-state index is 0.364. The van der Waals surface area contributed by atoms with E-state index in [4.69, 9.17) is 9.47 Å². The van der Waals surface area contributed by atoms with Crippen LogP contribution in [-0.2, 0) is 17.7 Å². The molecule has 4 nitrogen and oxygen atoms in total. The summed E-state index contributed by atoms with van der Waals surface area (Å²) in [4.78, 5) is 12.1. The van der Waals surface area contributed by atoms with Crippen molar-refractivity contribution in [1.82, 2.24) is 0 Å². The number of carbonyl (C=O) groups is 1. The van der Waals surface area contributed by atoms with E-state index in [-0.39, 0.29) is 5.97 Å². The van der Waals surface area contributed by atoms with Crippen molar-refractivity contribution < 1.29 is 14.3 Å². The Morgan fingerprint density at radius 2 is 1.48 bits per heavy atom. The average molecular weight is 440 g/mol. The third-order valence-electron chi connectivity index (χ3n) is 5.47. The van der Waals surface area contributed by atoms with Crippen molar-refractivity contribution in [3.05, 3.63) is 94.5 Å². The van der Waals surface area contributed by atoms with E-state index < -0.39 is 5.79 Å². The van der Waals surface area contributed by atoms with Crippen molar-refractivity contribution >= 4 is 11.7 Å². The van der Waals surface area contributed by atoms with Gasteiger partial charge in [0.2, 0.25) is 5.79 Å². The quantitative estimate of drug-likeness (QED) is 0.360. The summed E-state index contributed by atoms with van der Waals surface area (Å²) >= 11 is 0. The fourth-order valence-electron chi connectivity index (χ4n) is 3.64. The van der Waals surface area contributed by atoms with E-state index in [1.807, 2.05) is 24.3 Å². The lowest BCUT2D eigenvalue weighted by Gasteiger charge is -2.31. The minimum Gasteiger partial charge on any atom is -0.452 e. The minimum atomic E-state index is -0.962. The van der Waals surface area contributed by atoms with E-state index in [9.17, 15) is 4.79 Å². The molecule has 4 heteroatoms. The SMILES string of the molecule is CCCCc1ccc(C#Cc2ccc(CNc3ccc4c(c3)OC(C)(C)OC4=O)cc2)cc1. The number of fused-ring (bicyclic) bond motifs is 1. The highest BCUT2D eigenvalue weighted by atomic mass is 16.7. The summed E-state index contributed by atoms with van der Waals surface area (Å²) in [5, 5.41) is 3.38. The molecule has 0 fully saturated rings. The highest BCUT2D eigenvalue weighted by molar-refractivity contribution is 5.94. The topological polar surface area (TPSA) is 47.6 Å². The van der Waals surface area contributed by atoms with E-state index in [1.54, 1.807) is 19.9 Å². The summed E-state index contributed by atoms with van der Waals surface area (Å²) in [6.07, 6.45) is 3.56. The molecule has 3 aromatic rings. The van der Waals surface area contributed by atoms with Gasteiger partial charge in [0.1, 0.15) is 11.3 Å². The standard InChI is InChI=1S/C29H29NO3/c1-4-5-6-21-7-9-22(10-8-21)11-12-23-13-15-24(16-14-23)20-30-25-17-18-26-27(19-25)32-29(2,3)33-28(26)31/h7-10,13-19,30H,4-6,20H2,1-3H3. The van der Waals surface area contributed by atoms with Gasteiger partial charge in [-0.15, -0.1) is 0 Å². The van der Waals surface area contributed by atoms with Crippen molar-refractivity contribution in [3.63, 3.8) is 0 Å². The Hall–Kier alpha value is -3.71. The molecule has 0 amide bonds. The van der Waals surface area contributed by atoms with Crippen molar-refractivity contribution in [1.29, 1.82) is 0 Å². The van der Waals surface area contributed by atoms with Crippen LogP contribution in [0.1, 0.15) is 66.2 Å². The van der Waals surface area contributed by atoms with Crippen LogP contribution in [0.2, 0.25) is 0 Å². The maximum atomic E-state index is 12.1. The van der Waals surface area contributed by atoms with Gasteiger partial charge in [0, 0.05) is 43.3 Å². The maximum Gasteiger partial charge on any atom is 0.345 e. The van der Waals surface area contributed by atoms with Crippen molar-refractivity contribution in [2.75, 3.05) is 5.32 Å². The molecule has 0 saturated carbocycles. The Bertz CT molecular complexity index is 1180. The molecule has 4 rings (SSSR count). The molecule has 0 saturated heterocycles. The maximum absolute atomic E-state index is 12.1. The van der Waals surface area contributed by atoms with Crippen molar-refractivity contribution in [2.24, 2.45) is 0 Å². The average Bonchev–Trinajstić information content (AvgIpc) is 2.80. The molecule has 3 aromatic carbocycles. The smallest absolute Gasteiger partial charge is 0.345 e. The van der Waals surface area contributed by atoms with Gasteiger partial charge in [-0.05, 0) is 60.4 Å². The van der Waals surface area contributed by atoms with Crippen LogP contribution in [0.15, 0.2) is 66.7 Å². The number of cyclic esters (lactones) is 1. The second kappa shape index (κ2) is 9.83. The third kappa shape index (κ3) is 5.96. The number of unbranched alkanes of at least 4 members (excludes halogenated alkanes) is 1. The number of esters is 1. The van der Waals surface area contributed by atoms with Crippen molar-refractivity contribution in [2.45, 2.75) is 52.4 Å². The number of nitrogens with one attached hydrogen (secondary N) is 1. The van der Waals surface area contributed by atoms with Gasteiger partial charge in [-0.3, -0.25) is 0 Å². The first-order chi connectivity index (χ1) is 15.9. The molecule has 0 aliphatic carbocycles. The largest absolute Gasteiger partial charge is 0.452 e. The van der Waals surface area contributed by atoms with Crippen LogP contribution in [0.3, 0.4) is 0 Å². The number of hydrogen-bond donors (Lipinski definition) is 1. The molecule has 1 heterocycles. The first-order valence-electron chi connectivity index (χ1n) is 11.4. The highest BCUT2D eigenvalue weighted by Gasteiger charge is 2.33. The second-order valence-electron chi connectivity index (χ2n) is 8.70. The van der Waals surface area contributed by atoms with Gasteiger partial charge in [-0.25, -0.2) is 4.79 Å². The zero-order chi connectivity index (χ0) is 23.3. The van der Waals surface area contributed by atoms with E-state index in [0.717, 1.165) is 28.8 Å². The van der Waals surface area contributed by atoms with Gasteiger partial charge in [0.05, 0.1) is 0 Å². The fourth-order valence-corrected chi connectivity index (χ4v) is 3.64. The lowest BCUT2D eigenvalue weighted by Crippen LogP contribution is -2.38. The van der Waals surface area contributed by atoms with Crippen LogP contribution in [0.5, 0.6) is 5.75 Å². The Morgan fingerprint density at radius 1 is 0.848 bits per heavy atom. The Balaban J connectivity index is 1.35. The molecule has 1 N–H and O–H groups in total. The van der Waals surface area contributed by atoms with E-state index in [2.05, 4.69) is 60.5 Å². The summed E-state index contributed by atoms with van der Waals surface area (Å²) < 4.78 is 11.0. The zero-order valence-corrected chi connectivity index (χ0v) is 19.4. The monoisotopic (exact) mass is 439 g/mol. The lowest BCUT2D eigenvalue weighted by atomic mass is 10.1.